The van der Waals surface area contributed by atoms with Crippen LogP contribution in [0.3, 0.4) is 0 Å². The van der Waals surface area contributed by atoms with Gasteiger partial charge in [-0.2, -0.15) is 0 Å². The lowest BCUT2D eigenvalue weighted by Gasteiger charge is -2.55. The molecule has 3 aliphatic rings. The van der Waals surface area contributed by atoms with E-state index in [1.54, 1.807) is 0 Å². The monoisotopic (exact) mass is 469 g/mol. The maximum atomic E-state index is 12.6. The van der Waals surface area contributed by atoms with Crippen LogP contribution < -0.4 is 4.90 Å². The van der Waals surface area contributed by atoms with Gasteiger partial charge in [-0.1, -0.05) is 13.8 Å². The third-order valence-electron chi connectivity index (χ3n) is 8.00. The number of ether oxygens (including phenoxy) is 1. The highest BCUT2D eigenvalue weighted by atomic mass is 16.6. The molecule has 3 saturated heterocycles. The number of amides is 1. The van der Waals surface area contributed by atoms with Gasteiger partial charge in [-0.25, -0.2) is 4.79 Å². The predicted octanol–water partition coefficient (Wildman–Crippen LogP) is 4.99. The number of aryl methyl sites for hydroxylation is 1. The van der Waals surface area contributed by atoms with Crippen LogP contribution in [0, 0.1) is 24.2 Å². The summed E-state index contributed by atoms with van der Waals surface area (Å²) in [6, 6.07) is 6.37. The lowest BCUT2D eigenvalue weighted by atomic mass is 9.71. The minimum atomic E-state index is -0.425. The SMILES string of the molecule is CCC(C)C(=O)c1ccc(N2CC3(CCN(CC4CN(C(=O)OC(C)(C)C)C4)CC3)C2)cc1C. The van der Waals surface area contributed by atoms with Crippen LogP contribution in [0.1, 0.15) is 69.8 Å². The van der Waals surface area contributed by atoms with Crippen molar-refractivity contribution in [3.05, 3.63) is 29.3 Å². The van der Waals surface area contributed by atoms with E-state index in [9.17, 15) is 9.59 Å². The Morgan fingerprint density at radius 2 is 1.79 bits per heavy atom. The van der Waals surface area contributed by atoms with Crippen molar-refractivity contribution in [1.29, 1.82) is 0 Å². The average Bonchev–Trinajstić information content (AvgIpc) is 2.72. The molecule has 4 rings (SSSR count). The maximum absolute atomic E-state index is 12.6. The Kier molecular flexibility index (Phi) is 7.01. The first-order chi connectivity index (χ1) is 16.0. The number of ketones is 1. The fraction of sp³-hybridized carbons (Fsp3) is 0.714. The van der Waals surface area contributed by atoms with Crippen LogP contribution in [0.15, 0.2) is 18.2 Å². The highest BCUT2D eigenvalue weighted by Crippen LogP contribution is 2.43. The largest absolute Gasteiger partial charge is 0.444 e. The second-order valence-electron chi connectivity index (χ2n) is 12.1. The zero-order valence-corrected chi connectivity index (χ0v) is 22.0. The van der Waals surface area contributed by atoms with Crippen molar-refractivity contribution in [1.82, 2.24) is 9.80 Å². The molecule has 1 spiro atoms. The van der Waals surface area contributed by atoms with Gasteiger partial charge in [-0.3, -0.25) is 4.79 Å². The maximum Gasteiger partial charge on any atom is 0.410 e. The number of nitrogens with zero attached hydrogens (tertiary/aromatic N) is 3. The number of likely N-dealkylation sites (tertiary alicyclic amines) is 2. The van der Waals surface area contributed by atoms with Crippen LogP contribution in [0.2, 0.25) is 0 Å². The fourth-order valence-electron chi connectivity index (χ4n) is 5.57. The van der Waals surface area contributed by atoms with Gasteiger partial charge in [0.25, 0.3) is 0 Å². The average molecular weight is 470 g/mol. The van der Waals surface area contributed by atoms with Crippen molar-refractivity contribution in [2.24, 2.45) is 17.3 Å². The summed E-state index contributed by atoms with van der Waals surface area (Å²) in [6.07, 6.45) is 3.20. The standard InChI is InChI=1S/C28H43N3O3/c1-7-20(2)25(32)24-9-8-23(14-21(24)3)31-18-28(19-31)10-12-29(13-11-28)15-22-16-30(17-22)26(33)34-27(4,5)6/h8-9,14,20,22H,7,10-13,15-19H2,1-6H3. The topological polar surface area (TPSA) is 53.1 Å². The van der Waals surface area contributed by atoms with Crippen LogP contribution in [0.4, 0.5) is 10.5 Å². The van der Waals surface area contributed by atoms with Gasteiger partial charge in [-0.05, 0) is 83.8 Å². The van der Waals surface area contributed by atoms with Crippen LogP contribution in [0.25, 0.3) is 0 Å². The van der Waals surface area contributed by atoms with E-state index in [1.807, 2.05) is 38.7 Å². The number of carbonyl (C=O) groups excluding carboxylic acids is 2. The molecule has 34 heavy (non-hydrogen) atoms. The third kappa shape index (κ3) is 5.42. The summed E-state index contributed by atoms with van der Waals surface area (Å²) in [5.41, 5.74) is 3.24. The van der Waals surface area contributed by atoms with Crippen molar-refractivity contribution in [2.75, 3.05) is 50.7 Å². The van der Waals surface area contributed by atoms with Gasteiger partial charge >= 0.3 is 6.09 Å². The second kappa shape index (κ2) is 9.52. The van der Waals surface area contributed by atoms with Gasteiger partial charge < -0.3 is 19.4 Å². The molecule has 0 aliphatic carbocycles. The molecular formula is C28H43N3O3. The number of carbonyl (C=O) groups is 2. The molecule has 188 valence electrons. The molecule has 0 radical (unpaired) electrons. The zero-order valence-electron chi connectivity index (χ0n) is 22.0. The minimum absolute atomic E-state index is 0.0855. The van der Waals surface area contributed by atoms with Crippen LogP contribution in [-0.2, 0) is 4.74 Å². The van der Waals surface area contributed by atoms with Gasteiger partial charge in [0.15, 0.2) is 5.78 Å². The third-order valence-corrected chi connectivity index (χ3v) is 8.00. The summed E-state index contributed by atoms with van der Waals surface area (Å²) < 4.78 is 5.47. The number of rotatable bonds is 6. The summed E-state index contributed by atoms with van der Waals surface area (Å²) in [7, 11) is 0. The minimum Gasteiger partial charge on any atom is -0.444 e. The van der Waals surface area contributed by atoms with Gasteiger partial charge in [-0.15, -0.1) is 0 Å². The quantitative estimate of drug-likeness (QED) is 0.549. The first kappa shape index (κ1) is 25.0. The summed E-state index contributed by atoms with van der Waals surface area (Å²) in [5, 5.41) is 0. The first-order valence-corrected chi connectivity index (χ1v) is 13.1. The van der Waals surface area contributed by atoms with E-state index in [2.05, 4.69) is 35.8 Å². The molecule has 1 unspecified atom stereocenters. The zero-order chi connectivity index (χ0) is 24.7. The van der Waals surface area contributed by atoms with Gasteiger partial charge in [0.2, 0.25) is 0 Å². The molecule has 0 saturated carbocycles. The molecule has 1 aromatic rings. The lowest BCUT2D eigenvalue weighted by molar-refractivity contribution is -0.0117. The van der Waals surface area contributed by atoms with Gasteiger partial charge in [0, 0.05) is 61.2 Å². The Morgan fingerprint density at radius 1 is 1.15 bits per heavy atom. The summed E-state index contributed by atoms with van der Waals surface area (Å²) >= 11 is 0. The van der Waals surface area contributed by atoms with E-state index in [1.165, 1.54) is 18.5 Å². The van der Waals surface area contributed by atoms with Crippen LogP contribution in [-0.4, -0.2) is 73.1 Å². The fourth-order valence-corrected chi connectivity index (χ4v) is 5.57. The number of piperidine rings is 1. The molecule has 6 heteroatoms. The molecule has 1 atom stereocenters. The van der Waals surface area contributed by atoms with Crippen molar-refractivity contribution >= 4 is 17.6 Å². The van der Waals surface area contributed by atoms with E-state index < -0.39 is 5.60 Å². The summed E-state index contributed by atoms with van der Waals surface area (Å²) in [4.78, 5) is 31.6. The van der Waals surface area contributed by atoms with Gasteiger partial charge in [0.1, 0.15) is 5.60 Å². The normalized spacial score (nSPS) is 21.7. The van der Waals surface area contributed by atoms with E-state index in [-0.39, 0.29) is 17.8 Å². The number of anilines is 1. The van der Waals surface area contributed by atoms with Gasteiger partial charge in [0.05, 0.1) is 0 Å². The second-order valence-corrected chi connectivity index (χ2v) is 12.1. The van der Waals surface area contributed by atoms with E-state index in [4.69, 9.17) is 4.74 Å². The van der Waals surface area contributed by atoms with E-state index >= 15 is 0 Å². The molecule has 3 aliphatic heterocycles. The molecule has 0 N–H and O–H groups in total. The highest BCUT2D eigenvalue weighted by Gasteiger charge is 2.45. The summed E-state index contributed by atoms with van der Waals surface area (Å²) in [5.74, 6) is 0.918. The molecule has 6 nitrogen and oxygen atoms in total. The first-order valence-electron chi connectivity index (χ1n) is 13.1. The molecular weight excluding hydrogens is 426 g/mol. The molecule has 0 bridgehead atoms. The van der Waals surface area contributed by atoms with Crippen LogP contribution >= 0.6 is 0 Å². The predicted molar refractivity (Wildman–Crippen MR) is 137 cm³/mol. The van der Waals surface area contributed by atoms with E-state index in [0.29, 0.717) is 11.3 Å². The lowest BCUT2D eigenvalue weighted by Crippen LogP contribution is -2.61. The summed E-state index contributed by atoms with van der Waals surface area (Å²) in [6.45, 7) is 19.2. The molecule has 1 aromatic carbocycles. The molecule has 3 heterocycles. The van der Waals surface area contributed by atoms with Crippen molar-refractivity contribution in [3.8, 4) is 0 Å². The van der Waals surface area contributed by atoms with Crippen molar-refractivity contribution < 1.29 is 14.3 Å². The Morgan fingerprint density at radius 3 is 2.35 bits per heavy atom. The Balaban J connectivity index is 1.20. The molecule has 1 amide bonds. The van der Waals surface area contributed by atoms with Crippen molar-refractivity contribution in [3.63, 3.8) is 0 Å². The molecule has 3 fully saturated rings. The molecule has 0 aromatic heterocycles. The smallest absolute Gasteiger partial charge is 0.410 e. The Bertz CT molecular complexity index is 900. The van der Waals surface area contributed by atoms with Crippen LogP contribution in [0.5, 0.6) is 0 Å². The number of hydrogen-bond acceptors (Lipinski definition) is 5. The number of benzene rings is 1. The Hall–Kier alpha value is -2.08. The van der Waals surface area contributed by atoms with Crippen molar-refractivity contribution in [2.45, 2.75) is 66.4 Å². The Labute approximate surface area is 205 Å². The highest BCUT2D eigenvalue weighted by molar-refractivity contribution is 5.99. The number of Topliss-reactive ketones (excluding diaryl/α,β-unsaturated/α-hetero) is 1. The number of hydrogen-bond donors (Lipinski definition) is 0. The van der Waals surface area contributed by atoms with E-state index in [0.717, 1.165) is 63.4 Å².